The lowest BCUT2D eigenvalue weighted by atomic mass is 9.89. The van der Waals surface area contributed by atoms with E-state index in [-0.39, 0.29) is 11.8 Å². The van der Waals surface area contributed by atoms with E-state index in [0.717, 1.165) is 49.2 Å². The minimum atomic E-state index is -0.532. The summed E-state index contributed by atoms with van der Waals surface area (Å²) in [5.41, 5.74) is 3.71. The summed E-state index contributed by atoms with van der Waals surface area (Å²) in [5, 5.41) is 11.9. The van der Waals surface area contributed by atoms with Crippen LogP contribution < -0.4 is 10.2 Å². The van der Waals surface area contributed by atoms with Gasteiger partial charge in [0.05, 0.1) is 21.7 Å². The first-order chi connectivity index (χ1) is 14.3. The summed E-state index contributed by atoms with van der Waals surface area (Å²) >= 11 is 9.51. The van der Waals surface area contributed by atoms with Crippen molar-refractivity contribution in [2.45, 2.75) is 30.6 Å². The van der Waals surface area contributed by atoms with Gasteiger partial charge in [-0.25, -0.2) is 0 Å². The highest BCUT2D eigenvalue weighted by atomic mass is 32.2. The van der Waals surface area contributed by atoms with Crippen molar-refractivity contribution >= 4 is 80.0 Å². The van der Waals surface area contributed by atoms with Crippen LogP contribution in [0, 0.1) is 6.92 Å². The number of benzene rings is 1. The molecule has 0 unspecified atom stereocenters. The maximum Gasteiger partial charge on any atom is 0.264 e. The van der Waals surface area contributed by atoms with Gasteiger partial charge in [-0.05, 0) is 26.3 Å². The van der Waals surface area contributed by atoms with Crippen molar-refractivity contribution in [2.75, 3.05) is 10.7 Å². The van der Waals surface area contributed by atoms with Crippen molar-refractivity contribution in [3.63, 3.8) is 0 Å². The third-order valence-corrected chi connectivity index (χ3v) is 8.35. The maximum atomic E-state index is 13.5. The van der Waals surface area contributed by atoms with Crippen LogP contribution in [-0.4, -0.2) is 37.6 Å². The Bertz CT molecular complexity index is 1210. The lowest BCUT2D eigenvalue weighted by molar-refractivity contribution is -0.116. The number of carbonyl (C=O) groups excluding carboxylic acids is 2. The molecule has 10 heteroatoms. The second kappa shape index (κ2) is 7.01. The molecule has 1 fully saturated rings. The fraction of sp³-hybridized carbons (Fsp3) is 0.250. The van der Waals surface area contributed by atoms with E-state index in [4.69, 9.17) is 12.2 Å². The molecule has 0 bridgehead atoms. The summed E-state index contributed by atoms with van der Waals surface area (Å²) in [6.45, 7) is 5.98. The molecule has 0 atom stereocenters. The summed E-state index contributed by atoms with van der Waals surface area (Å²) in [6, 6.07) is 5.88. The molecule has 1 aromatic carbocycles. The molecule has 2 amide bonds. The van der Waals surface area contributed by atoms with Gasteiger partial charge in [-0.3, -0.25) is 14.5 Å². The highest BCUT2D eigenvalue weighted by molar-refractivity contribution is 8.27. The minimum Gasteiger partial charge on any atom is -0.307 e. The predicted octanol–water partition coefficient (Wildman–Crippen LogP) is 4.02. The highest BCUT2D eigenvalue weighted by Crippen LogP contribution is 2.51. The largest absolute Gasteiger partial charge is 0.307 e. The molecule has 0 radical (unpaired) electrons. The number of para-hydroxylation sites is 1. The van der Waals surface area contributed by atoms with Crippen molar-refractivity contribution in [3.05, 3.63) is 45.3 Å². The zero-order valence-corrected chi connectivity index (χ0v) is 19.6. The van der Waals surface area contributed by atoms with Crippen molar-refractivity contribution in [2.24, 2.45) is 0 Å². The molecule has 1 aromatic heterocycles. The summed E-state index contributed by atoms with van der Waals surface area (Å²) in [4.78, 5) is 28.1. The second-order valence-corrected chi connectivity index (χ2v) is 11.7. The third-order valence-electron chi connectivity index (χ3n) is 5.10. The molecule has 6 nitrogen and oxygen atoms in total. The SMILES string of the molecule is Cc1nnc(SCC2=CC(C)(C)N3C(=O)C(=C4SC(=S)NC4=O)c4cccc2c43)s1. The second-order valence-electron chi connectivity index (χ2n) is 7.59. The van der Waals surface area contributed by atoms with E-state index in [1.165, 1.54) is 0 Å². The summed E-state index contributed by atoms with van der Waals surface area (Å²) in [6.07, 6.45) is 2.14. The molecule has 4 heterocycles. The first-order valence-corrected chi connectivity index (χ1v) is 12.2. The molecular weight excluding hydrogens is 457 g/mol. The van der Waals surface area contributed by atoms with Gasteiger partial charge in [0.2, 0.25) is 0 Å². The van der Waals surface area contributed by atoms with Crippen molar-refractivity contribution in [1.29, 1.82) is 0 Å². The number of aromatic nitrogens is 2. The zero-order valence-electron chi connectivity index (χ0n) is 16.3. The van der Waals surface area contributed by atoms with Gasteiger partial charge in [-0.1, -0.05) is 71.4 Å². The van der Waals surface area contributed by atoms with E-state index >= 15 is 0 Å². The van der Waals surface area contributed by atoms with Crippen LogP contribution in [0.3, 0.4) is 0 Å². The van der Waals surface area contributed by atoms with Gasteiger partial charge >= 0.3 is 0 Å². The van der Waals surface area contributed by atoms with Crippen LogP contribution in [0.15, 0.2) is 33.5 Å². The van der Waals surface area contributed by atoms with Crippen LogP contribution in [0.2, 0.25) is 0 Å². The number of thioether (sulfide) groups is 2. The van der Waals surface area contributed by atoms with Gasteiger partial charge in [-0.2, -0.15) is 0 Å². The fourth-order valence-corrected chi connectivity index (χ4v) is 6.91. The van der Waals surface area contributed by atoms with E-state index in [1.807, 2.05) is 39.0 Å². The van der Waals surface area contributed by atoms with Crippen molar-refractivity contribution in [1.82, 2.24) is 15.5 Å². The Morgan fingerprint density at radius 1 is 1.23 bits per heavy atom. The van der Waals surface area contributed by atoms with Crippen LogP contribution in [-0.2, 0) is 9.59 Å². The van der Waals surface area contributed by atoms with Gasteiger partial charge in [0.15, 0.2) is 4.34 Å². The number of thiocarbonyl (C=S) groups is 1. The molecule has 0 spiro atoms. The molecule has 0 aliphatic carbocycles. The number of nitrogens with zero attached hydrogens (tertiary/aromatic N) is 3. The Balaban J connectivity index is 1.62. The topological polar surface area (TPSA) is 75.2 Å². The number of amides is 2. The van der Waals surface area contributed by atoms with Gasteiger partial charge in [0.25, 0.3) is 11.8 Å². The quantitative estimate of drug-likeness (QED) is 0.411. The molecule has 3 aliphatic heterocycles. The summed E-state index contributed by atoms with van der Waals surface area (Å²) in [7, 11) is 0. The number of aryl methyl sites for hydroxylation is 1. The Kier molecular flexibility index (Phi) is 4.66. The van der Waals surface area contributed by atoms with E-state index in [9.17, 15) is 9.59 Å². The minimum absolute atomic E-state index is 0.160. The monoisotopic (exact) mass is 472 g/mol. The zero-order chi connectivity index (χ0) is 21.2. The molecule has 1 N–H and O–H groups in total. The number of carbonyl (C=O) groups is 2. The number of rotatable bonds is 3. The van der Waals surface area contributed by atoms with Crippen molar-refractivity contribution in [3.8, 4) is 0 Å². The average molecular weight is 473 g/mol. The average Bonchev–Trinajstić information content (AvgIpc) is 3.32. The van der Waals surface area contributed by atoms with Gasteiger partial charge in [0.1, 0.15) is 9.33 Å². The first-order valence-electron chi connectivity index (χ1n) is 9.16. The summed E-state index contributed by atoms with van der Waals surface area (Å²) < 4.78 is 1.30. The highest BCUT2D eigenvalue weighted by Gasteiger charge is 2.47. The van der Waals surface area contributed by atoms with E-state index in [1.54, 1.807) is 28.0 Å². The Labute approximate surface area is 191 Å². The van der Waals surface area contributed by atoms with E-state index in [0.29, 0.717) is 14.8 Å². The van der Waals surface area contributed by atoms with E-state index < -0.39 is 5.54 Å². The molecular formula is C20H16N4O2S4. The number of hydrogen-bond donors (Lipinski definition) is 1. The number of anilines is 1. The molecule has 30 heavy (non-hydrogen) atoms. The molecule has 0 saturated carbocycles. The molecule has 152 valence electrons. The van der Waals surface area contributed by atoms with Crippen LogP contribution in [0.5, 0.6) is 0 Å². The predicted molar refractivity (Wildman–Crippen MR) is 127 cm³/mol. The van der Waals surface area contributed by atoms with Gasteiger partial charge in [-0.15, -0.1) is 10.2 Å². The first kappa shape index (κ1) is 19.9. The molecule has 2 aromatic rings. The fourth-order valence-electron chi connectivity index (χ4n) is 3.99. The van der Waals surface area contributed by atoms with Crippen LogP contribution in [0.1, 0.15) is 30.0 Å². The maximum absolute atomic E-state index is 13.5. The Morgan fingerprint density at radius 2 is 2.00 bits per heavy atom. The third kappa shape index (κ3) is 3.05. The molecule has 1 saturated heterocycles. The summed E-state index contributed by atoms with van der Waals surface area (Å²) in [5.74, 6) is 0.258. The lowest BCUT2D eigenvalue weighted by Crippen LogP contribution is -2.46. The Morgan fingerprint density at radius 3 is 2.67 bits per heavy atom. The standard InChI is InChI=1S/C20H16N4O2S4/c1-9-22-23-19(29-9)28-8-10-7-20(2,3)24-14-11(10)5-4-6-12(14)13(17(24)26)15-16(25)21-18(27)30-15/h4-7H,8H2,1-3H3,(H,21,25,27). The molecule has 5 rings (SSSR count). The van der Waals surface area contributed by atoms with Crippen LogP contribution in [0.25, 0.3) is 11.1 Å². The van der Waals surface area contributed by atoms with E-state index in [2.05, 4.69) is 21.6 Å². The van der Waals surface area contributed by atoms with Gasteiger partial charge < -0.3 is 5.32 Å². The number of nitrogens with one attached hydrogen (secondary N) is 1. The van der Waals surface area contributed by atoms with Crippen molar-refractivity contribution < 1.29 is 9.59 Å². The number of hydrogen-bond acceptors (Lipinski definition) is 8. The lowest BCUT2D eigenvalue weighted by Gasteiger charge is -2.39. The smallest absolute Gasteiger partial charge is 0.264 e. The Hall–Kier alpha value is -2.01. The molecule has 3 aliphatic rings. The van der Waals surface area contributed by atoms with Gasteiger partial charge in [0, 0.05) is 16.9 Å². The normalized spacial score (nSPS) is 21.8. The van der Waals surface area contributed by atoms with Crippen LogP contribution in [0.4, 0.5) is 5.69 Å². The van der Waals surface area contributed by atoms with Crippen LogP contribution >= 0.6 is 47.1 Å².